The summed E-state index contributed by atoms with van der Waals surface area (Å²) in [5, 5.41) is 2.97. The van der Waals surface area contributed by atoms with E-state index in [0.29, 0.717) is 45.2 Å². The summed E-state index contributed by atoms with van der Waals surface area (Å²) in [6, 6.07) is 10.7. The van der Waals surface area contributed by atoms with Gasteiger partial charge in [-0.1, -0.05) is 30.3 Å². The molecule has 35 heavy (non-hydrogen) atoms. The number of amides is 2. The van der Waals surface area contributed by atoms with Crippen LogP contribution in [0.3, 0.4) is 0 Å². The molecule has 0 radical (unpaired) electrons. The number of hydrogen-bond acceptors (Lipinski definition) is 5. The number of carbonyl (C=O) groups excluding carboxylic acids is 2. The van der Waals surface area contributed by atoms with E-state index >= 15 is 0 Å². The van der Waals surface area contributed by atoms with E-state index in [1.807, 2.05) is 4.90 Å². The highest BCUT2D eigenvalue weighted by molar-refractivity contribution is 7.91. The number of carbonyl (C=O) groups is 2. The number of nitrogens with one attached hydrogen (secondary N) is 1. The first-order valence-corrected chi connectivity index (χ1v) is 14.9. The van der Waals surface area contributed by atoms with Crippen molar-refractivity contribution >= 4 is 21.7 Å². The average molecular weight is 504 g/mol. The highest BCUT2D eigenvalue weighted by Crippen LogP contribution is 2.52. The molecule has 1 saturated carbocycles. The lowest BCUT2D eigenvalue weighted by molar-refractivity contribution is -0.128. The Labute approximate surface area is 210 Å². The fourth-order valence-corrected chi connectivity index (χ4v) is 7.97. The zero-order chi connectivity index (χ0) is 25.1. The van der Waals surface area contributed by atoms with E-state index < -0.39 is 9.84 Å². The Morgan fingerprint density at radius 2 is 1.74 bits per heavy atom. The van der Waals surface area contributed by atoms with Crippen LogP contribution in [-0.2, 0) is 25.0 Å². The molecule has 2 aliphatic heterocycles. The van der Waals surface area contributed by atoms with Crippen LogP contribution in [0, 0.1) is 11.3 Å². The van der Waals surface area contributed by atoms with E-state index in [0.717, 1.165) is 32.2 Å². The zero-order valence-corrected chi connectivity index (χ0v) is 22.1. The standard InChI is InChI=1S/C27H41N3O4S/c1-29(2)27(23-7-4-3-5-8-23)14-12-26(13-15-27)19-25(32)30(21-26)16-6-9-24(31)28-20-22-10-17-35(33,34)18-11-22/h3-5,7-8,22H,6,9-21H2,1-2H3,(H,28,31). The van der Waals surface area contributed by atoms with E-state index in [-0.39, 0.29) is 40.2 Å². The zero-order valence-electron chi connectivity index (χ0n) is 21.3. The summed E-state index contributed by atoms with van der Waals surface area (Å²) < 4.78 is 23.1. The number of sulfone groups is 1. The van der Waals surface area contributed by atoms with Gasteiger partial charge in [-0.3, -0.25) is 14.5 Å². The van der Waals surface area contributed by atoms with Gasteiger partial charge in [0.1, 0.15) is 9.84 Å². The molecule has 0 unspecified atom stereocenters. The molecule has 194 valence electrons. The van der Waals surface area contributed by atoms with E-state index in [2.05, 4.69) is 54.6 Å². The number of nitrogens with zero attached hydrogens (tertiary/aromatic N) is 2. The van der Waals surface area contributed by atoms with Gasteiger partial charge in [-0.15, -0.1) is 0 Å². The van der Waals surface area contributed by atoms with Crippen molar-refractivity contribution in [2.45, 2.75) is 63.3 Å². The van der Waals surface area contributed by atoms with Crippen molar-refractivity contribution in [3.8, 4) is 0 Å². The summed E-state index contributed by atoms with van der Waals surface area (Å²) in [7, 11) is 1.46. The maximum atomic E-state index is 12.8. The van der Waals surface area contributed by atoms with E-state index in [1.54, 1.807) is 0 Å². The predicted octanol–water partition coefficient (Wildman–Crippen LogP) is 2.96. The van der Waals surface area contributed by atoms with Crippen LogP contribution in [0.2, 0.25) is 0 Å². The van der Waals surface area contributed by atoms with Crippen LogP contribution in [0.1, 0.15) is 63.4 Å². The molecule has 1 spiro atoms. The van der Waals surface area contributed by atoms with E-state index in [9.17, 15) is 18.0 Å². The number of hydrogen-bond donors (Lipinski definition) is 1. The summed E-state index contributed by atoms with van der Waals surface area (Å²) >= 11 is 0. The van der Waals surface area contributed by atoms with Crippen molar-refractivity contribution in [2.24, 2.45) is 11.3 Å². The molecule has 1 aromatic rings. The van der Waals surface area contributed by atoms with Gasteiger partial charge in [0, 0.05) is 38.0 Å². The van der Waals surface area contributed by atoms with Gasteiger partial charge >= 0.3 is 0 Å². The second-order valence-electron chi connectivity index (χ2n) is 11.3. The monoisotopic (exact) mass is 503 g/mol. The molecule has 4 rings (SSSR count). The van der Waals surface area contributed by atoms with Gasteiger partial charge in [0.05, 0.1) is 11.5 Å². The molecule has 1 aromatic carbocycles. The third-order valence-corrected chi connectivity index (χ3v) is 10.5. The van der Waals surface area contributed by atoms with Crippen LogP contribution < -0.4 is 5.32 Å². The normalized spacial score (nSPS) is 26.4. The van der Waals surface area contributed by atoms with E-state index in [4.69, 9.17) is 0 Å². The van der Waals surface area contributed by atoms with Crippen molar-refractivity contribution in [1.29, 1.82) is 0 Å². The minimum absolute atomic E-state index is 0.00363. The van der Waals surface area contributed by atoms with Crippen LogP contribution in [0.25, 0.3) is 0 Å². The molecular weight excluding hydrogens is 462 g/mol. The molecule has 2 amide bonds. The molecule has 2 saturated heterocycles. The molecule has 0 atom stereocenters. The van der Waals surface area contributed by atoms with Gasteiger partial charge in [-0.25, -0.2) is 8.42 Å². The van der Waals surface area contributed by atoms with Crippen molar-refractivity contribution in [3.05, 3.63) is 35.9 Å². The fraction of sp³-hybridized carbons (Fsp3) is 0.704. The van der Waals surface area contributed by atoms with Gasteiger partial charge in [0.15, 0.2) is 0 Å². The lowest BCUT2D eigenvalue weighted by Crippen LogP contribution is -2.47. The number of benzene rings is 1. The molecule has 8 heteroatoms. The summed E-state index contributed by atoms with van der Waals surface area (Å²) in [4.78, 5) is 29.5. The Kier molecular flexibility index (Phi) is 7.91. The maximum absolute atomic E-state index is 12.8. The molecule has 2 heterocycles. The summed E-state index contributed by atoms with van der Waals surface area (Å²) in [6.45, 7) is 1.99. The second kappa shape index (κ2) is 10.6. The Morgan fingerprint density at radius 1 is 1.09 bits per heavy atom. The molecule has 0 bridgehead atoms. The van der Waals surface area contributed by atoms with Crippen molar-refractivity contribution < 1.29 is 18.0 Å². The molecular formula is C27H41N3O4S. The highest BCUT2D eigenvalue weighted by Gasteiger charge is 2.49. The molecule has 1 N–H and O–H groups in total. The van der Waals surface area contributed by atoms with Crippen LogP contribution in [-0.4, -0.2) is 75.3 Å². The number of rotatable bonds is 8. The van der Waals surface area contributed by atoms with Crippen molar-refractivity contribution in [3.63, 3.8) is 0 Å². The minimum atomic E-state index is -2.87. The molecule has 1 aliphatic carbocycles. The first-order valence-electron chi connectivity index (χ1n) is 13.1. The van der Waals surface area contributed by atoms with Crippen molar-refractivity contribution in [2.75, 3.05) is 45.2 Å². The van der Waals surface area contributed by atoms with Gasteiger partial charge in [-0.05, 0) is 75.9 Å². The Hall–Kier alpha value is -1.93. The van der Waals surface area contributed by atoms with Crippen LogP contribution in [0.15, 0.2) is 30.3 Å². The summed E-state index contributed by atoms with van der Waals surface area (Å²) in [5.41, 5.74) is 1.46. The topological polar surface area (TPSA) is 86.8 Å². The van der Waals surface area contributed by atoms with E-state index in [1.165, 1.54) is 5.56 Å². The molecule has 3 aliphatic rings. The number of likely N-dealkylation sites (tertiary alicyclic amines) is 1. The lowest BCUT2D eigenvalue weighted by atomic mass is 9.64. The third kappa shape index (κ3) is 6.08. The minimum Gasteiger partial charge on any atom is -0.356 e. The Balaban J connectivity index is 1.22. The van der Waals surface area contributed by atoms with Gasteiger partial charge in [0.25, 0.3) is 0 Å². The maximum Gasteiger partial charge on any atom is 0.223 e. The molecule has 3 fully saturated rings. The predicted molar refractivity (Wildman–Crippen MR) is 138 cm³/mol. The highest BCUT2D eigenvalue weighted by atomic mass is 32.2. The molecule has 0 aromatic heterocycles. The quantitative estimate of drug-likeness (QED) is 0.589. The summed E-state index contributed by atoms with van der Waals surface area (Å²) in [5.74, 6) is 0.932. The summed E-state index contributed by atoms with van der Waals surface area (Å²) in [6.07, 6.45) is 7.14. The largest absolute Gasteiger partial charge is 0.356 e. The van der Waals surface area contributed by atoms with Crippen molar-refractivity contribution in [1.82, 2.24) is 15.1 Å². The average Bonchev–Trinajstić information content (AvgIpc) is 3.14. The first-order chi connectivity index (χ1) is 16.6. The fourth-order valence-electron chi connectivity index (χ4n) is 6.38. The smallest absolute Gasteiger partial charge is 0.223 e. The Bertz CT molecular complexity index is 987. The van der Waals surface area contributed by atoms with Gasteiger partial charge < -0.3 is 10.2 Å². The van der Waals surface area contributed by atoms with Crippen LogP contribution in [0.5, 0.6) is 0 Å². The van der Waals surface area contributed by atoms with Gasteiger partial charge in [0.2, 0.25) is 11.8 Å². The second-order valence-corrected chi connectivity index (χ2v) is 13.6. The van der Waals surface area contributed by atoms with Crippen LogP contribution in [0.4, 0.5) is 0 Å². The first kappa shape index (κ1) is 26.1. The van der Waals surface area contributed by atoms with Crippen LogP contribution >= 0.6 is 0 Å². The Morgan fingerprint density at radius 3 is 2.37 bits per heavy atom. The molecule has 7 nitrogen and oxygen atoms in total. The lowest BCUT2D eigenvalue weighted by Gasteiger charge is -2.48. The SMILES string of the molecule is CN(C)C1(c2ccccc2)CCC2(CC1)CC(=O)N(CCCC(=O)NCC1CCS(=O)(=O)CC1)C2. The third-order valence-electron chi connectivity index (χ3n) is 8.80. The van der Waals surface area contributed by atoms with Gasteiger partial charge in [-0.2, -0.15) is 0 Å².